The molecule has 2 N–H and O–H groups in total. The van der Waals surface area contributed by atoms with Crippen molar-refractivity contribution in [3.8, 4) is 16.8 Å². The molecule has 0 spiro atoms. The minimum Gasteiger partial charge on any atom is -0.388 e. The highest BCUT2D eigenvalue weighted by Crippen LogP contribution is 2.26. The van der Waals surface area contributed by atoms with Crippen LogP contribution in [0.4, 0.5) is 0 Å². The van der Waals surface area contributed by atoms with Crippen molar-refractivity contribution in [3.63, 3.8) is 0 Å². The van der Waals surface area contributed by atoms with E-state index in [-0.39, 0.29) is 18.0 Å². The number of fused-ring (bicyclic) bond motifs is 2. The van der Waals surface area contributed by atoms with Crippen molar-refractivity contribution in [3.05, 3.63) is 114 Å². The smallest absolute Gasteiger partial charge is 0.264 e. The third kappa shape index (κ3) is 4.60. The maximum atomic E-state index is 13.4. The average Bonchev–Trinajstić information content (AvgIpc) is 3.66. The van der Waals surface area contributed by atoms with Crippen molar-refractivity contribution in [2.24, 2.45) is 0 Å². The van der Waals surface area contributed by atoms with Crippen LogP contribution in [-0.2, 0) is 6.54 Å². The molecule has 3 aromatic heterocycles. The Bertz CT molecular complexity index is 1930. The number of carbonyl (C=O) groups is 1. The summed E-state index contributed by atoms with van der Waals surface area (Å²) in [5, 5.41) is 17.2. The average molecular weight is 545 g/mol. The third-order valence-corrected chi connectivity index (χ3v) is 8.02. The summed E-state index contributed by atoms with van der Waals surface area (Å²) in [6, 6.07) is 25.6. The Balaban J connectivity index is 1.06. The number of carbonyl (C=O) groups excluding carboxylic acids is 1. The highest BCUT2D eigenvalue weighted by molar-refractivity contribution is 5.98. The zero-order chi connectivity index (χ0) is 28.0. The second-order valence-corrected chi connectivity index (χ2v) is 10.7. The predicted molar refractivity (Wildman–Crippen MR) is 157 cm³/mol. The topological polar surface area (TPSA) is 109 Å². The van der Waals surface area contributed by atoms with E-state index in [1.54, 1.807) is 9.58 Å². The van der Waals surface area contributed by atoms with Crippen molar-refractivity contribution >= 4 is 27.8 Å². The van der Waals surface area contributed by atoms with Crippen LogP contribution in [0.1, 0.15) is 23.2 Å². The molecule has 1 amide bonds. The third-order valence-electron chi connectivity index (χ3n) is 8.02. The summed E-state index contributed by atoms with van der Waals surface area (Å²) in [7, 11) is 0. The lowest BCUT2D eigenvalue weighted by molar-refractivity contribution is -0.0299. The maximum Gasteiger partial charge on any atom is 0.264 e. The molecule has 7 rings (SSSR count). The monoisotopic (exact) mass is 544 g/mol. The van der Waals surface area contributed by atoms with Gasteiger partial charge >= 0.3 is 0 Å². The van der Waals surface area contributed by atoms with Gasteiger partial charge in [0, 0.05) is 30.4 Å². The molecule has 0 aliphatic carbocycles. The van der Waals surface area contributed by atoms with Gasteiger partial charge in [-0.1, -0.05) is 48.5 Å². The zero-order valence-corrected chi connectivity index (χ0v) is 22.3. The van der Waals surface area contributed by atoms with Gasteiger partial charge in [0.1, 0.15) is 11.7 Å². The first-order chi connectivity index (χ1) is 20.0. The number of aromatic nitrogens is 5. The maximum absolute atomic E-state index is 13.4. The quantitative estimate of drug-likeness (QED) is 0.335. The van der Waals surface area contributed by atoms with Gasteiger partial charge in [-0.25, -0.2) is 9.67 Å². The van der Waals surface area contributed by atoms with E-state index < -0.39 is 5.60 Å². The van der Waals surface area contributed by atoms with Gasteiger partial charge in [-0.3, -0.25) is 14.2 Å². The molecule has 9 heteroatoms. The number of aliphatic hydroxyl groups is 1. The van der Waals surface area contributed by atoms with Crippen LogP contribution in [0.15, 0.2) is 102 Å². The highest BCUT2D eigenvalue weighted by Gasteiger charge is 2.35. The highest BCUT2D eigenvalue weighted by atomic mass is 16.3. The van der Waals surface area contributed by atoms with Crippen molar-refractivity contribution in [1.82, 2.24) is 29.2 Å². The van der Waals surface area contributed by atoms with Crippen LogP contribution in [-0.4, -0.2) is 58.9 Å². The molecular formula is C32H28N6O3. The fourth-order valence-corrected chi connectivity index (χ4v) is 5.64. The van der Waals surface area contributed by atoms with E-state index in [0.717, 1.165) is 27.7 Å². The first-order valence-electron chi connectivity index (χ1n) is 13.7. The molecule has 9 nitrogen and oxygen atoms in total. The molecule has 1 saturated heterocycles. The number of nitrogens with zero attached hydrogens (tertiary/aromatic N) is 5. The zero-order valence-electron chi connectivity index (χ0n) is 22.3. The van der Waals surface area contributed by atoms with Gasteiger partial charge in [-0.2, -0.15) is 5.10 Å². The molecule has 204 valence electrons. The number of piperidine rings is 1. The molecule has 6 aromatic rings. The van der Waals surface area contributed by atoms with Gasteiger partial charge in [-0.15, -0.1) is 0 Å². The van der Waals surface area contributed by atoms with E-state index in [0.29, 0.717) is 42.5 Å². The fourth-order valence-electron chi connectivity index (χ4n) is 5.64. The number of H-pyrrole nitrogens is 1. The molecule has 0 radical (unpaired) electrons. The van der Waals surface area contributed by atoms with E-state index in [2.05, 4.69) is 27.2 Å². The van der Waals surface area contributed by atoms with Crippen LogP contribution in [0.2, 0.25) is 0 Å². The van der Waals surface area contributed by atoms with Gasteiger partial charge in [0.2, 0.25) is 0 Å². The van der Waals surface area contributed by atoms with Crippen LogP contribution in [0.3, 0.4) is 0 Å². The minimum atomic E-state index is -1.12. The number of aromatic amines is 1. The Kier molecular flexibility index (Phi) is 6.01. The van der Waals surface area contributed by atoms with Gasteiger partial charge < -0.3 is 15.0 Å². The molecule has 1 fully saturated rings. The summed E-state index contributed by atoms with van der Waals surface area (Å²) >= 11 is 0. The number of amides is 1. The Hall–Kier alpha value is -5.02. The number of benzene rings is 3. The Morgan fingerprint density at radius 3 is 2.49 bits per heavy atom. The number of hydrogen-bond donors (Lipinski definition) is 2. The van der Waals surface area contributed by atoms with Crippen molar-refractivity contribution in [2.45, 2.75) is 25.0 Å². The van der Waals surface area contributed by atoms with Crippen molar-refractivity contribution in [2.75, 3.05) is 13.1 Å². The summed E-state index contributed by atoms with van der Waals surface area (Å²) in [6.07, 6.45) is 5.57. The number of rotatable bonds is 5. The molecule has 41 heavy (non-hydrogen) atoms. The Morgan fingerprint density at radius 1 is 0.951 bits per heavy atom. The standard InChI is InChI=1S/C32H28N6O3/c39-30(25-7-6-24-12-15-33-28(24)18-25)36-16-13-32(41,14-17-36)20-37-21-34-29-27(31(37)40)19-35-38(29)26-10-8-23(9-11-26)22-4-2-1-3-5-22/h1-12,15,18-19,21,33,41H,13-14,16-17,20H2. The lowest BCUT2D eigenvalue weighted by Crippen LogP contribution is -2.49. The van der Waals surface area contributed by atoms with E-state index in [1.165, 1.54) is 17.1 Å². The molecule has 1 aliphatic heterocycles. The van der Waals surface area contributed by atoms with Crippen LogP contribution >= 0.6 is 0 Å². The molecule has 0 unspecified atom stereocenters. The molecule has 0 atom stereocenters. The van der Waals surface area contributed by atoms with E-state index >= 15 is 0 Å². The summed E-state index contributed by atoms with van der Waals surface area (Å²) in [5.41, 5.74) is 3.62. The van der Waals surface area contributed by atoms with Crippen LogP contribution in [0, 0.1) is 0 Å². The first kappa shape index (κ1) is 25.0. The van der Waals surface area contributed by atoms with Crippen molar-refractivity contribution < 1.29 is 9.90 Å². The molecular weight excluding hydrogens is 516 g/mol. The normalized spacial score (nSPS) is 15.0. The molecule has 4 heterocycles. The predicted octanol–water partition coefficient (Wildman–Crippen LogP) is 4.40. The molecule has 0 saturated carbocycles. The van der Waals surface area contributed by atoms with E-state index in [9.17, 15) is 14.7 Å². The Labute approximate surface area is 235 Å². The first-order valence-corrected chi connectivity index (χ1v) is 13.7. The van der Waals surface area contributed by atoms with E-state index in [1.807, 2.05) is 72.9 Å². The largest absolute Gasteiger partial charge is 0.388 e. The summed E-state index contributed by atoms with van der Waals surface area (Å²) in [4.78, 5) is 35.9. The van der Waals surface area contributed by atoms with Gasteiger partial charge in [0.25, 0.3) is 11.5 Å². The second kappa shape index (κ2) is 9.87. The fraction of sp³-hybridized carbons (Fsp3) is 0.188. The lowest BCUT2D eigenvalue weighted by Gasteiger charge is -2.38. The van der Waals surface area contributed by atoms with Gasteiger partial charge in [0.15, 0.2) is 5.65 Å². The van der Waals surface area contributed by atoms with E-state index in [4.69, 9.17) is 0 Å². The Morgan fingerprint density at radius 2 is 1.71 bits per heavy atom. The lowest BCUT2D eigenvalue weighted by atomic mass is 9.91. The minimum absolute atomic E-state index is 0.0620. The van der Waals surface area contributed by atoms with Crippen LogP contribution in [0.25, 0.3) is 38.8 Å². The number of nitrogens with one attached hydrogen (secondary N) is 1. The second-order valence-electron chi connectivity index (χ2n) is 10.7. The number of likely N-dealkylation sites (tertiary alicyclic amines) is 1. The van der Waals surface area contributed by atoms with Crippen molar-refractivity contribution in [1.29, 1.82) is 0 Å². The summed E-state index contributed by atoms with van der Waals surface area (Å²) in [5.74, 6) is -0.0620. The molecule has 3 aromatic carbocycles. The molecule has 1 aliphatic rings. The SMILES string of the molecule is O=C(c1ccc2cc[nH]c2c1)N1CCC(O)(Cn2cnc3c(cnn3-c3ccc(-c4ccccc4)cc3)c2=O)CC1. The molecule has 0 bridgehead atoms. The summed E-state index contributed by atoms with van der Waals surface area (Å²) in [6.45, 7) is 0.904. The van der Waals surface area contributed by atoms with Gasteiger partial charge in [-0.05, 0) is 59.7 Å². The van der Waals surface area contributed by atoms with Crippen LogP contribution < -0.4 is 5.56 Å². The summed E-state index contributed by atoms with van der Waals surface area (Å²) < 4.78 is 3.10. The number of hydrogen-bond acceptors (Lipinski definition) is 5. The van der Waals surface area contributed by atoms with Gasteiger partial charge in [0.05, 0.1) is 24.0 Å². The van der Waals surface area contributed by atoms with Crippen LogP contribution in [0.5, 0.6) is 0 Å².